The zero-order chi connectivity index (χ0) is 22.4. The summed E-state index contributed by atoms with van der Waals surface area (Å²) in [6.07, 6.45) is 1.70. The Morgan fingerprint density at radius 3 is 2.35 bits per heavy atom. The number of nitrogens with zero attached hydrogens (tertiary/aromatic N) is 4. The molecule has 0 atom stereocenters. The minimum absolute atomic E-state index is 0.0480. The van der Waals surface area contributed by atoms with Crippen molar-refractivity contribution in [1.82, 2.24) is 19.7 Å². The number of benzene rings is 1. The van der Waals surface area contributed by atoms with Gasteiger partial charge in [-0.2, -0.15) is 0 Å². The van der Waals surface area contributed by atoms with Crippen molar-refractivity contribution in [3.05, 3.63) is 70.2 Å². The zero-order valence-corrected chi connectivity index (χ0v) is 17.7. The van der Waals surface area contributed by atoms with Crippen molar-refractivity contribution in [3.63, 3.8) is 0 Å². The maximum Gasteiger partial charge on any atom is 0.269 e. The summed E-state index contributed by atoms with van der Waals surface area (Å²) < 4.78 is 27.1. The van der Waals surface area contributed by atoms with Gasteiger partial charge in [-0.15, -0.1) is 0 Å². The largest absolute Gasteiger partial charge is 0.369 e. The lowest BCUT2D eigenvalue weighted by molar-refractivity contribution is -0.384. The number of nitro groups is 1. The molecule has 12 heteroatoms. The number of aryl methyl sites for hydroxylation is 2. The van der Waals surface area contributed by atoms with Gasteiger partial charge in [-0.3, -0.25) is 10.1 Å². The Labute approximate surface area is 179 Å². The second-order valence-corrected chi connectivity index (χ2v) is 8.37. The van der Waals surface area contributed by atoms with Gasteiger partial charge in [-0.1, -0.05) is 0 Å². The number of pyridine rings is 1. The lowest BCUT2D eigenvalue weighted by atomic mass is 10.3. The van der Waals surface area contributed by atoms with Crippen LogP contribution in [0, 0.1) is 24.0 Å². The molecular formula is C19H21N7O4S. The molecule has 0 unspecified atom stereocenters. The number of sulfonamides is 1. The molecule has 0 amide bonds. The topological polar surface area (TPSA) is 152 Å². The van der Waals surface area contributed by atoms with Crippen LogP contribution in [0.4, 0.5) is 23.1 Å². The summed E-state index contributed by atoms with van der Waals surface area (Å²) in [5.74, 6) is 2.27. The fraction of sp³-hybridized carbons (Fsp3) is 0.211. The van der Waals surface area contributed by atoms with Crippen LogP contribution in [0.2, 0.25) is 0 Å². The number of nitrogens with one attached hydrogen (secondary N) is 3. The van der Waals surface area contributed by atoms with E-state index in [1.165, 1.54) is 12.1 Å². The number of hydrogen-bond acceptors (Lipinski definition) is 9. The van der Waals surface area contributed by atoms with E-state index < -0.39 is 14.9 Å². The average molecular weight is 443 g/mol. The quantitative estimate of drug-likeness (QED) is 0.257. The summed E-state index contributed by atoms with van der Waals surface area (Å²) in [5.41, 5.74) is 0.881. The Bertz CT molecular complexity index is 1180. The Morgan fingerprint density at radius 1 is 0.968 bits per heavy atom. The van der Waals surface area contributed by atoms with Gasteiger partial charge in [-0.25, -0.2) is 28.1 Å². The highest BCUT2D eigenvalue weighted by Gasteiger charge is 2.15. The zero-order valence-electron chi connectivity index (χ0n) is 16.9. The summed E-state index contributed by atoms with van der Waals surface area (Å²) in [6, 6.07) is 10.2. The third-order valence-corrected chi connectivity index (χ3v) is 5.57. The van der Waals surface area contributed by atoms with Gasteiger partial charge in [0.2, 0.25) is 10.0 Å². The molecule has 0 bridgehead atoms. The Balaban J connectivity index is 1.57. The average Bonchev–Trinajstić information content (AvgIpc) is 2.71. The monoisotopic (exact) mass is 443 g/mol. The van der Waals surface area contributed by atoms with E-state index in [2.05, 4.69) is 30.3 Å². The third-order valence-electron chi connectivity index (χ3n) is 4.09. The number of aromatic nitrogens is 3. The van der Waals surface area contributed by atoms with Crippen molar-refractivity contribution >= 4 is 33.2 Å². The second kappa shape index (κ2) is 9.45. The van der Waals surface area contributed by atoms with Gasteiger partial charge in [0, 0.05) is 37.5 Å². The normalized spacial score (nSPS) is 11.2. The first-order chi connectivity index (χ1) is 14.7. The first kappa shape index (κ1) is 22.1. The van der Waals surface area contributed by atoms with Gasteiger partial charge in [0.15, 0.2) is 0 Å². The molecule has 3 aromatic rings. The highest BCUT2D eigenvalue weighted by atomic mass is 32.2. The predicted molar refractivity (Wildman–Crippen MR) is 116 cm³/mol. The summed E-state index contributed by atoms with van der Waals surface area (Å²) in [4.78, 5) is 22.9. The molecule has 3 rings (SSSR count). The van der Waals surface area contributed by atoms with Gasteiger partial charge < -0.3 is 10.6 Å². The molecule has 0 spiro atoms. The predicted octanol–water partition coefficient (Wildman–Crippen LogP) is 2.53. The van der Waals surface area contributed by atoms with Gasteiger partial charge in [0.25, 0.3) is 5.69 Å². The molecule has 11 nitrogen and oxygen atoms in total. The third kappa shape index (κ3) is 6.17. The molecule has 0 saturated heterocycles. The molecule has 1 aromatic carbocycles. The summed E-state index contributed by atoms with van der Waals surface area (Å²) in [7, 11) is -3.78. The van der Waals surface area contributed by atoms with Crippen LogP contribution in [0.3, 0.4) is 0 Å². The molecule has 162 valence electrons. The highest BCUT2D eigenvalue weighted by Crippen LogP contribution is 2.17. The summed E-state index contributed by atoms with van der Waals surface area (Å²) >= 11 is 0. The van der Waals surface area contributed by atoms with E-state index >= 15 is 0 Å². The van der Waals surface area contributed by atoms with Crippen molar-refractivity contribution in [2.75, 3.05) is 23.7 Å². The van der Waals surface area contributed by atoms with Crippen molar-refractivity contribution in [1.29, 1.82) is 0 Å². The van der Waals surface area contributed by atoms with E-state index in [-0.39, 0.29) is 23.7 Å². The Kier molecular flexibility index (Phi) is 6.72. The standard InChI is InChI=1S/C19H21N7O4S/c1-13-7-8-20-17(11-13)25-19-12-18(23-14(2)24-19)21-9-10-22-31(29,30)16-5-3-15(4-6-16)26(27)28/h3-8,11-12,22H,9-10H2,1-2H3,(H2,20,21,23,24,25). The molecule has 0 saturated carbocycles. The van der Waals surface area contributed by atoms with Crippen LogP contribution in [0.5, 0.6) is 0 Å². The van der Waals surface area contributed by atoms with E-state index in [9.17, 15) is 18.5 Å². The maximum atomic E-state index is 12.3. The molecule has 0 aliphatic carbocycles. The summed E-state index contributed by atoms with van der Waals surface area (Å²) in [5, 5.41) is 16.8. The smallest absolute Gasteiger partial charge is 0.269 e. The summed E-state index contributed by atoms with van der Waals surface area (Å²) in [6.45, 7) is 4.06. The second-order valence-electron chi connectivity index (χ2n) is 6.60. The number of nitro benzene ring substituents is 1. The van der Waals surface area contributed by atoms with Crippen LogP contribution in [-0.4, -0.2) is 41.4 Å². The first-order valence-corrected chi connectivity index (χ1v) is 10.7. The van der Waals surface area contributed by atoms with E-state index in [4.69, 9.17) is 0 Å². The van der Waals surface area contributed by atoms with Crippen LogP contribution >= 0.6 is 0 Å². The highest BCUT2D eigenvalue weighted by molar-refractivity contribution is 7.89. The van der Waals surface area contributed by atoms with E-state index in [1.807, 2.05) is 19.1 Å². The van der Waals surface area contributed by atoms with Crippen molar-refractivity contribution in [3.8, 4) is 0 Å². The minimum atomic E-state index is -3.78. The lowest BCUT2D eigenvalue weighted by Gasteiger charge is -2.11. The van der Waals surface area contributed by atoms with Gasteiger partial charge in [0.1, 0.15) is 23.3 Å². The fourth-order valence-electron chi connectivity index (χ4n) is 2.66. The lowest BCUT2D eigenvalue weighted by Crippen LogP contribution is -2.29. The molecule has 2 heterocycles. The van der Waals surface area contributed by atoms with Crippen LogP contribution < -0.4 is 15.4 Å². The maximum absolute atomic E-state index is 12.3. The molecule has 0 aliphatic heterocycles. The number of non-ortho nitro benzene ring substituents is 1. The molecule has 31 heavy (non-hydrogen) atoms. The molecule has 3 N–H and O–H groups in total. The van der Waals surface area contributed by atoms with Gasteiger partial charge in [-0.05, 0) is 43.7 Å². The minimum Gasteiger partial charge on any atom is -0.369 e. The number of rotatable bonds is 9. The molecule has 0 radical (unpaired) electrons. The van der Waals surface area contributed by atoms with E-state index in [1.54, 1.807) is 19.2 Å². The molecule has 0 aliphatic rings. The molecule has 0 fully saturated rings. The van der Waals surface area contributed by atoms with Crippen LogP contribution in [0.25, 0.3) is 0 Å². The van der Waals surface area contributed by atoms with E-state index in [0.29, 0.717) is 23.3 Å². The van der Waals surface area contributed by atoms with Crippen molar-refractivity contribution < 1.29 is 13.3 Å². The van der Waals surface area contributed by atoms with E-state index in [0.717, 1.165) is 17.7 Å². The van der Waals surface area contributed by atoms with Crippen LogP contribution in [0.15, 0.2) is 53.6 Å². The first-order valence-electron chi connectivity index (χ1n) is 9.26. The Morgan fingerprint density at radius 2 is 1.68 bits per heavy atom. The number of hydrogen-bond donors (Lipinski definition) is 3. The fourth-order valence-corrected chi connectivity index (χ4v) is 3.70. The molecule has 2 aromatic heterocycles. The SMILES string of the molecule is Cc1ccnc(Nc2cc(NCCNS(=O)(=O)c3ccc([N+](=O)[O-])cc3)nc(C)n2)c1. The number of anilines is 3. The van der Waals surface area contributed by atoms with Gasteiger partial charge in [0.05, 0.1) is 9.82 Å². The van der Waals surface area contributed by atoms with Crippen molar-refractivity contribution in [2.24, 2.45) is 0 Å². The van der Waals surface area contributed by atoms with Gasteiger partial charge >= 0.3 is 0 Å². The Hall–Kier alpha value is -3.64. The van der Waals surface area contributed by atoms with Crippen LogP contribution in [-0.2, 0) is 10.0 Å². The van der Waals surface area contributed by atoms with Crippen molar-refractivity contribution in [2.45, 2.75) is 18.7 Å². The molecular weight excluding hydrogens is 422 g/mol. The van der Waals surface area contributed by atoms with Crippen LogP contribution in [0.1, 0.15) is 11.4 Å².